The monoisotopic (exact) mass is 412 g/mol. The standard InChI is InChI=1S/C27H28N2O2/c1-31-26-19-8-7-17-24(26)28-27(30)29(20-10-13-21-11-3-2-4-12-21)25-18-9-15-22-14-5-6-16-23(22)25/h2-8,10-14,16-17,19,25H,9,15,18,20H2,1H3,(H,28,30)/b13-10+. The maximum absolute atomic E-state index is 13.5. The summed E-state index contributed by atoms with van der Waals surface area (Å²) in [6.07, 6.45) is 7.22. The summed E-state index contributed by atoms with van der Waals surface area (Å²) in [6, 6.07) is 26.1. The Labute approximate surface area is 184 Å². The van der Waals surface area contributed by atoms with Crippen molar-refractivity contribution in [3.63, 3.8) is 0 Å². The lowest BCUT2D eigenvalue weighted by atomic mass is 9.87. The van der Waals surface area contributed by atoms with Crippen LogP contribution in [0.25, 0.3) is 6.08 Å². The molecule has 2 amide bonds. The fourth-order valence-electron chi connectivity index (χ4n) is 4.21. The number of carbonyl (C=O) groups excluding carboxylic acids is 1. The van der Waals surface area contributed by atoms with E-state index in [1.54, 1.807) is 7.11 Å². The quantitative estimate of drug-likeness (QED) is 0.515. The van der Waals surface area contributed by atoms with Crippen molar-refractivity contribution in [3.8, 4) is 5.75 Å². The zero-order valence-electron chi connectivity index (χ0n) is 17.8. The van der Waals surface area contributed by atoms with E-state index in [2.05, 4.69) is 53.9 Å². The fourth-order valence-corrected chi connectivity index (χ4v) is 4.21. The third-order valence-electron chi connectivity index (χ3n) is 5.74. The topological polar surface area (TPSA) is 41.6 Å². The molecule has 4 heteroatoms. The number of benzene rings is 3. The van der Waals surface area contributed by atoms with E-state index in [9.17, 15) is 4.79 Å². The minimum Gasteiger partial charge on any atom is -0.495 e. The SMILES string of the molecule is COc1ccccc1NC(=O)N(C/C=C/c1ccccc1)C1CCCc2ccccc21. The van der Waals surface area contributed by atoms with E-state index < -0.39 is 0 Å². The van der Waals surface area contributed by atoms with E-state index >= 15 is 0 Å². The van der Waals surface area contributed by atoms with Gasteiger partial charge in [-0.1, -0.05) is 78.9 Å². The molecule has 4 nitrogen and oxygen atoms in total. The second-order valence-corrected chi connectivity index (χ2v) is 7.70. The Kier molecular flexibility index (Phi) is 6.68. The van der Waals surface area contributed by atoms with Crippen LogP contribution in [0.2, 0.25) is 0 Å². The predicted octanol–water partition coefficient (Wildman–Crippen LogP) is 6.32. The highest BCUT2D eigenvalue weighted by Gasteiger charge is 2.29. The maximum Gasteiger partial charge on any atom is 0.322 e. The number of rotatable bonds is 6. The van der Waals surface area contributed by atoms with Crippen molar-refractivity contribution in [1.82, 2.24) is 4.90 Å². The molecular formula is C27H28N2O2. The first-order valence-electron chi connectivity index (χ1n) is 10.8. The zero-order valence-corrected chi connectivity index (χ0v) is 17.8. The number of carbonyl (C=O) groups is 1. The fraction of sp³-hybridized carbons (Fsp3) is 0.222. The largest absolute Gasteiger partial charge is 0.495 e. The summed E-state index contributed by atoms with van der Waals surface area (Å²) in [6.45, 7) is 0.523. The number of ether oxygens (including phenoxy) is 1. The number of aryl methyl sites for hydroxylation is 1. The lowest BCUT2D eigenvalue weighted by Gasteiger charge is -2.35. The van der Waals surface area contributed by atoms with Crippen LogP contribution >= 0.6 is 0 Å². The van der Waals surface area contributed by atoms with E-state index in [1.165, 1.54) is 11.1 Å². The van der Waals surface area contributed by atoms with Crippen molar-refractivity contribution in [2.45, 2.75) is 25.3 Å². The van der Waals surface area contributed by atoms with Gasteiger partial charge in [-0.3, -0.25) is 0 Å². The molecule has 0 fully saturated rings. The Bertz CT molecular complexity index is 1050. The Hall–Kier alpha value is -3.53. The third-order valence-corrected chi connectivity index (χ3v) is 5.74. The van der Waals surface area contributed by atoms with Gasteiger partial charge in [0.05, 0.1) is 18.8 Å². The molecule has 0 saturated carbocycles. The minimum absolute atomic E-state index is 0.0417. The van der Waals surface area contributed by atoms with Crippen LogP contribution in [0.15, 0.2) is 84.9 Å². The summed E-state index contributed by atoms with van der Waals surface area (Å²) in [5, 5.41) is 3.07. The second-order valence-electron chi connectivity index (χ2n) is 7.70. The Morgan fingerprint density at radius 3 is 2.61 bits per heavy atom. The molecule has 0 radical (unpaired) electrons. The van der Waals surface area contributed by atoms with Crippen LogP contribution in [0, 0.1) is 0 Å². The van der Waals surface area contributed by atoms with Gasteiger partial charge in [-0.25, -0.2) is 4.79 Å². The molecule has 1 aliphatic carbocycles. The van der Waals surface area contributed by atoms with Gasteiger partial charge in [0, 0.05) is 6.54 Å². The number of methoxy groups -OCH3 is 1. The van der Waals surface area contributed by atoms with Crippen LogP contribution in [-0.2, 0) is 6.42 Å². The summed E-state index contributed by atoms with van der Waals surface area (Å²) in [5.74, 6) is 0.652. The summed E-state index contributed by atoms with van der Waals surface area (Å²) >= 11 is 0. The number of amides is 2. The summed E-state index contributed by atoms with van der Waals surface area (Å²) < 4.78 is 5.42. The molecular weight excluding hydrogens is 384 g/mol. The van der Waals surface area contributed by atoms with Crippen LogP contribution in [-0.4, -0.2) is 24.6 Å². The van der Waals surface area contributed by atoms with E-state index in [0.29, 0.717) is 18.0 Å². The summed E-state index contributed by atoms with van der Waals surface area (Å²) in [4.78, 5) is 15.4. The van der Waals surface area contributed by atoms with Gasteiger partial charge in [0.15, 0.2) is 0 Å². The van der Waals surface area contributed by atoms with E-state index in [0.717, 1.165) is 24.8 Å². The minimum atomic E-state index is -0.121. The number of anilines is 1. The highest BCUT2D eigenvalue weighted by atomic mass is 16.5. The Morgan fingerprint density at radius 1 is 1.03 bits per heavy atom. The number of urea groups is 1. The van der Waals surface area contributed by atoms with E-state index in [4.69, 9.17) is 4.74 Å². The first-order valence-corrected chi connectivity index (χ1v) is 10.8. The number of hydrogen-bond donors (Lipinski definition) is 1. The molecule has 158 valence electrons. The second kappa shape index (κ2) is 9.98. The Balaban J connectivity index is 1.61. The summed E-state index contributed by atoms with van der Waals surface area (Å²) in [7, 11) is 1.61. The van der Waals surface area contributed by atoms with E-state index in [1.807, 2.05) is 47.4 Å². The first-order chi connectivity index (χ1) is 15.3. The average molecular weight is 413 g/mol. The van der Waals surface area contributed by atoms with Gasteiger partial charge in [-0.15, -0.1) is 0 Å². The van der Waals surface area contributed by atoms with Crippen molar-refractivity contribution in [3.05, 3.63) is 102 Å². The first kappa shape index (κ1) is 20.7. The van der Waals surface area contributed by atoms with Crippen molar-refractivity contribution < 1.29 is 9.53 Å². The highest BCUT2D eigenvalue weighted by Crippen LogP contribution is 2.35. The number of hydrogen-bond acceptors (Lipinski definition) is 2. The maximum atomic E-state index is 13.5. The molecule has 0 aliphatic heterocycles. The van der Waals surface area contributed by atoms with Crippen molar-refractivity contribution in [1.29, 1.82) is 0 Å². The number of nitrogens with one attached hydrogen (secondary N) is 1. The molecule has 1 N–H and O–H groups in total. The molecule has 1 atom stereocenters. The van der Waals surface area contributed by atoms with Crippen LogP contribution in [0.1, 0.15) is 35.6 Å². The van der Waals surface area contributed by atoms with Gasteiger partial charge in [0.25, 0.3) is 0 Å². The molecule has 0 saturated heterocycles. The van der Waals surface area contributed by atoms with Crippen LogP contribution in [0.4, 0.5) is 10.5 Å². The van der Waals surface area contributed by atoms with E-state index in [-0.39, 0.29) is 12.1 Å². The molecule has 0 heterocycles. The molecule has 31 heavy (non-hydrogen) atoms. The number of fused-ring (bicyclic) bond motifs is 1. The number of nitrogens with zero attached hydrogens (tertiary/aromatic N) is 1. The predicted molar refractivity (Wildman–Crippen MR) is 126 cm³/mol. The van der Waals surface area contributed by atoms with Crippen LogP contribution in [0.5, 0.6) is 5.75 Å². The Morgan fingerprint density at radius 2 is 1.77 bits per heavy atom. The van der Waals surface area contributed by atoms with Gasteiger partial charge in [-0.2, -0.15) is 0 Å². The summed E-state index contributed by atoms with van der Waals surface area (Å²) in [5.41, 5.74) is 4.38. The normalized spacial score (nSPS) is 15.3. The van der Waals surface area contributed by atoms with Crippen molar-refractivity contribution in [2.75, 3.05) is 19.0 Å². The zero-order chi connectivity index (χ0) is 21.5. The highest BCUT2D eigenvalue weighted by molar-refractivity contribution is 5.91. The van der Waals surface area contributed by atoms with Gasteiger partial charge in [0.1, 0.15) is 5.75 Å². The lowest BCUT2D eigenvalue weighted by Crippen LogP contribution is -2.39. The molecule has 1 unspecified atom stereocenters. The van der Waals surface area contributed by atoms with Crippen molar-refractivity contribution in [2.24, 2.45) is 0 Å². The molecule has 1 aliphatic rings. The molecule has 3 aromatic rings. The van der Waals surface area contributed by atoms with Gasteiger partial charge in [-0.05, 0) is 48.1 Å². The molecule has 0 spiro atoms. The molecule has 0 bridgehead atoms. The third kappa shape index (κ3) is 4.97. The molecule has 0 aromatic heterocycles. The van der Waals surface area contributed by atoms with Gasteiger partial charge < -0.3 is 15.0 Å². The molecule has 4 rings (SSSR count). The number of para-hydroxylation sites is 2. The smallest absolute Gasteiger partial charge is 0.322 e. The molecule has 3 aromatic carbocycles. The van der Waals surface area contributed by atoms with Gasteiger partial charge in [0.2, 0.25) is 0 Å². The van der Waals surface area contributed by atoms with Crippen molar-refractivity contribution >= 4 is 17.8 Å². The lowest BCUT2D eigenvalue weighted by molar-refractivity contribution is 0.188. The average Bonchev–Trinajstić information content (AvgIpc) is 2.82. The van der Waals surface area contributed by atoms with Gasteiger partial charge >= 0.3 is 6.03 Å². The van der Waals surface area contributed by atoms with Crippen LogP contribution in [0.3, 0.4) is 0 Å². The van der Waals surface area contributed by atoms with Crippen LogP contribution < -0.4 is 10.1 Å².